The van der Waals surface area contributed by atoms with E-state index < -0.39 is 12.6 Å². The Kier molecular flexibility index (Phi) is 5.55. The molecule has 0 saturated heterocycles. The van der Waals surface area contributed by atoms with E-state index in [0.29, 0.717) is 36.4 Å². The summed E-state index contributed by atoms with van der Waals surface area (Å²) in [5, 5.41) is 0.822. The summed E-state index contributed by atoms with van der Waals surface area (Å²) in [6.07, 6.45) is 0. The van der Waals surface area contributed by atoms with Crippen molar-refractivity contribution in [2.75, 3.05) is 31.3 Å². The van der Waals surface area contributed by atoms with Gasteiger partial charge in [-0.1, -0.05) is 35.1 Å². The minimum absolute atomic E-state index is 0.190. The Morgan fingerprint density at radius 1 is 1.24 bits per heavy atom. The van der Waals surface area contributed by atoms with Crippen molar-refractivity contribution in [2.45, 2.75) is 6.92 Å². The number of hydrogen-bond acceptors (Lipinski definition) is 7. The Hall–Kier alpha value is -2.84. The second-order valence-corrected chi connectivity index (χ2v) is 7.58. The van der Waals surface area contributed by atoms with E-state index in [1.54, 1.807) is 0 Å². The van der Waals surface area contributed by atoms with Gasteiger partial charge < -0.3 is 14.2 Å². The lowest BCUT2D eigenvalue weighted by Crippen LogP contribution is -2.34. The van der Waals surface area contributed by atoms with Gasteiger partial charge in [0.15, 0.2) is 23.2 Å². The lowest BCUT2D eigenvalue weighted by atomic mass is 10.2. The highest BCUT2D eigenvalue weighted by atomic mass is 35.5. The van der Waals surface area contributed by atoms with Crippen molar-refractivity contribution >= 4 is 50.2 Å². The van der Waals surface area contributed by atoms with Crippen LogP contribution in [-0.4, -0.2) is 43.2 Å². The molecule has 0 aliphatic carbocycles. The molecule has 0 unspecified atom stereocenters. The maximum Gasteiger partial charge on any atom is 0.338 e. The van der Waals surface area contributed by atoms with Crippen LogP contribution in [0.2, 0.25) is 5.02 Å². The smallest absolute Gasteiger partial charge is 0.338 e. The van der Waals surface area contributed by atoms with Crippen molar-refractivity contribution in [3.05, 3.63) is 47.0 Å². The second kappa shape index (κ2) is 8.26. The molecule has 7 nitrogen and oxygen atoms in total. The van der Waals surface area contributed by atoms with Crippen molar-refractivity contribution in [3.8, 4) is 11.5 Å². The number of thiazole rings is 1. The predicted molar refractivity (Wildman–Crippen MR) is 110 cm³/mol. The Morgan fingerprint density at radius 2 is 2.03 bits per heavy atom. The van der Waals surface area contributed by atoms with Gasteiger partial charge in [0.25, 0.3) is 5.91 Å². The molecule has 1 aliphatic rings. The van der Waals surface area contributed by atoms with Crippen LogP contribution in [-0.2, 0) is 9.53 Å². The number of halogens is 1. The molecule has 1 amide bonds. The number of fused-ring (bicyclic) bond motifs is 2. The summed E-state index contributed by atoms with van der Waals surface area (Å²) in [6, 6.07) is 10.6. The fourth-order valence-electron chi connectivity index (χ4n) is 2.91. The maximum absolute atomic E-state index is 12.6. The van der Waals surface area contributed by atoms with Gasteiger partial charge in [-0.05, 0) is 31.2 Å². The first-order valence-corrected chi connectivity index (χ1v) is 10.2. The minimum Gasteiger partial charge on any atom is -0.486 e. The number of nitrogens with zero attached hydrogens (tertiary/aromatic N) is 2. The monoisotopic (exact) mass is 432 g/mol. The minimum atomic E-state index is -0.669. The van der Waals surface area contributed by atoms with Crippen LogP contribution in [0.3, 0.4) is 0 Å². The van der Waals surface area contributed by atoms with Gasteiger partial charge in [0.2, 0.25) is 0 Å². The standard InChI is InChI=1S/C20H17ClN2O5S/c1-2-23(20-22-14-5-3-4-6-16(14)29-20)17(24)11-28-19(25)12-9-13(21)18-15(10-12)26-7-8-27-18/h3-6,9-10H,2,7-8,11H2,1H3. The summed E-state index contributed by atoms with van der Waals surface area (Å²) in [4.78, 5) is 31.0. The Bertz CT molecular complexity index is 1050. The number of carbonyl (C=O) groups is 2. The van der Waals surface area contributed by atoms with Gasteiger partial charge in [-0.25, -0.2) is 9.78 Å². The number of likely N-dealkylation sites (N-methyl/N-ethyl adjacent to an activating group) is 1. The molecule has 0 fully saturated rings. The van der Waals surface area contributed by atoms with Gasteiger partial charge in [-0.2, -0.15) is 0 Å². The summed E-state index contributed by atoms with van der Waals surface area (Å²) < 4.78 is 17.1. The van der Waals surface area contributed by atoms with Crippen LogP contribution in [0.15, 0.2) is 36.4 Å². The van der Waals surface area contributed by atoms with Crippen molar-refractivity contribution in [1.82, 2.24) is 4.98 Å². The van der Waals surface area contributed by atoms with E-state index in [4.69, 9.17) is 25.8 Å². The Morgan fingerprint density at radius 3 is 2.83 bits per heavy atom. The molecule has 2 aromatic carbocycles. The molecule has 0 radical (unpaired) electrons. The molecule has 0 saturated carbocycles. The summed E-state index contributed by atoms with van der Waals surface area (Å²) in [6.45, 7) is 2.60. The number of amides is 1. The fraction of sp³-hybridized carbons (Fsp3) is 0.250. The largest absolute Gasteiger partial charge is 0.486 e. The van der Waals surface area contributed by atoms with Crippen LogP contribution in [0.1, 0.15) is 17.3 Å². The number of rotatable bonds is 5. The number of aromatic nitrogens is 1. The summed E-state index contributed by atoms with van der Waals surface area (Å²) in [5.74, 6) is -0.244. The van der Waals surface area contributed by atoms with E-state index >= 15 is 0 Å². The maximum atomic E-state index is 12.6. The summed E-state index contributed by atoms with van der Waals surface area (Å²) in [7, 11) is 0. The van der Waals surface area contributed by atoms with E-state index in [-0.39, 0.29) is 16.5 Å². The van der Waals surface area contributed by atoms with Crippen molar-refractivity contribution in [2.24, 2.45) is 0 Å². The average Bonchev–Trinajstić information content (AvgIpc) is 3.16. The number of ether oxygens (including phenoxy) is 3. The highest BCUT2D eigenvalue weighted by Crippen LogP contribution is 2.38. The molecule has 29 heavy (non-hydrogen) atoms. The predicted octanol–water partition coefficient (Wildman–Crippen LogP) is 3.93. The number of esters is 1. The van der Waals surface area contributed by atoms with Gasteiger partial charge in [-0.15, -0.1) is 0 Å². The van der Waals surface area contributed by atoms with Crippen LogP contribution in [0.25, 0.3) is 10.2 Å². The van der Waals surface area contributed by atoms with E-state index in [1.165, 1.54) is 28.4 Å². The normalized spacial score (nSPS) is 12.6. The molecule has 150 valence electrons. The quantitative estimate of drug-likeness (QED) is 0.568. The van der Waals surface area contributed by atoms with E-state index in [9.17, 15) is 9.59 Å². The molecule has 0 spiro atoms. The topological polar surface area (TPSA) is 78.0 Å². The fourth-order valence-corrected chi connectivity index (χ4v) is 4.22. The number of carbonyl (C=O) groups excluding carboxylic acids is 2. The number of anilines is 1. The van der Waals surface area contributed by atoms with Gasteiger partial charge in [0.05, 0.1) is 20.8 Å². The van der Waals surface area contributed by atoms with Gasteiger partial charge in [-0.3, -0.25) is 9.69 Å². The number of benzene rings is 2. The van der Waals surface area contributed by atoms with Crippen LogP contribution in [0, 0.1) is 0 Å². The molecule has 1 aromatic heterocycles. The molecule has 0 atom stereocenters. The molecule has 9 heteroatoms. The highest BCUT2D eigenvalue weighted by Gasteiger charge is 2.23. The highest BCUT2D eigenvalue weighted by molar-refractivity contribution is 7.22. The zero-order chi connectivity index (χ0) is 20.4. The summed E-state index contributed by atoms with van der Waals surface area (Å²) >= 11 is 7.56. The first kappa shape index (κ1) is 19.5. The third-order valence-corrected chi connectivity index (χ3v) is 5.63. The SMILES string of the molecule is CCN(C(=O)COC(=O)c1cc(Cl)c2c(c1)OCCO2)c1nc2ccccc2s1. The molecule has 3 aromatic rings. The zero-order valence-electron chi connectivity index (χ0n) is 15.5. The van der Waals surface area contributed by atoms with Crippen molar-refractivity contribution < 1.29 is 23.8 Å². The first-order valence-electron chi connectivity index (χ1n) is 8.99. The Balaban J connectivity index is 1.45. The van der Waals surface area contributed by atoms with Crippen LogP contribution >= 0.6 is 22.9 Å². The van der Waals surface area contributed by atoms with Crippen molar-refractivity contribution in [3.63, 3.8) is 0 Å². The van der Waals surface area contributed by atoms with Gasteiger partial charge >= 0.3 is 5.97 Å². The van der Waals surface area contributed by atoms with Crippen LogP contribution < -0.4 is 14.4 Å². The molecule has 0 bridgehead atoms. The van der Waals surface area contributed by atoms with Crippen molar-refractivity contribution in [1.29, 1.82) is 0 Å². The van der Waals surface area contributed by atoms with Gasteiger partial charge in [0.1, 0.15) is 13.2 Å². The van der Waals surface area contributed by atoms with Gasteiger partial charge in [0, 0.05) is 6.54 Å². The number of para-hydroxylation sites is 1. The molecular weight excluding hydrogens is 416 g/mol. The van der Waals surface area contributed by atoms with E-state index in [1.807, 2.05) is 31.2 Å². The molecular formula is C20H17ClN2O5S. The number of hydrogen-bond donors (Lipinski definition) is 0. The zero-order valence-corrected chi connectivity index (χ0v) is 17.1. The Labute approximate surface area is 175 Å². The third-order valence-electron chi connectivity index (χ3n) is 4.29. The first-order chi connectivity index (χ1) is 14.1. The van der Waals surface area contributed by atoms with Crippen LogP contribution in [0.5, 0.6) is 11.5 Å². The lowest BCUT2D eigenvalue weighted by molar-refractivity contribution is -0.121. The summed E-state index contributed by atoms with van der Waals surface area (Å²) in [5.41, 5.74) is 1.01. The van der Waals surface area contributed by atoms with E-state index in [2.05, 4.69) is 4.98 Å². The van der Waals surface area contributed by atoms with Crippen LogP contribution in [0.4, 0.5) is 5.13 Å². The molecule has 0 N–H and O–H groups in total. The third kappa shape index (κ3) is 3.99. The molecule has 4 rings (SSSR count). The van der Waals surface area contributed by atoms with E-state index in [0.717, 1.165) is 10.2 Å². The lowest BCUT2D eigenvalue weighted by Gasteiger charge is -2.20. The molecule has 1 aliphatic heterocycles. The second-order valence-electron chi connectivity index (χ2n) is 6.16. The molecule has 2 heterocycles. The average molecular weight is 433 g/mol.